The number of aromatic hydroxyl groups is 1. The van der Waals surface area contributed by atoms with Gasteiger partial charge in [-0.3, -0.25) is 0 Å². The zero-order chi connectivity index (χ0) is 16.5. The summed E-state index contributed by atoms with van der Waals surface area (Å²) in [6.07, 6.45) is 3.30. The van der Waals surface area contributed by atoms with Crippen molar-refractivity contribution in [2.75, 3.05) is 0 Å². The van der Waals surface area contributed by atoms with Crippen molar-refractivity contribution in [1.29, 1.82) is 0 Å². The van der Waals surface area contributed by atoms with E-state index in [-0.39, 0.29) is 5.75 Å². The summed E-state index contributed by atoms with van der Waals surface area (Å²) in [4.78, 5) is 8.55. The molecule has 0 unspecified atom stereocenters. The molecule has 4 nitrogen and oxygen atoms in total. The van der Waals surface area contributed by atoms with Crippen molar-refractivity contribution < 1.29 is 9.84 Å². The van der Waals surface area contributed by atoms with Gasteiger partial charge in [0.15, 0.2) is 11.6 Å². The van der Waals surface area contributed by atoms with Crippen LogP contribution in [0.2, 0.25) is 0 Å². The molecule has 0 aliphatic carbocycles. The summed E-state index contributed by atoms with van der Waals surface area (Å²) in [7, 11) is 0. The van der Waals surface area contributed by atoms with Crippen LogP contribution in [0.3, 0.4) is 0 Å². The van der Waals surface area contributed by atoms with Crippen molar-refractivity contribution in [3.05, 3.63) is 72.6 Å². The average molecular weight is 308 g/mol. The van der Waals surface area contributed by atoms with Crippen LogP contribution in [0.1, 0.15) is 19.4 Å². The number of ether oxygens (including phenoxy) is 1. The Morgan fingerprint density at radius 3 is 2.09 bits per heavy atom. The molecule has 0 fully saturated rings. The zero-order valence-electron chi connectivity index (χ0n) is 13.3. The van der Waals surface area contributed by atoms with Crippen LogP contribution in [0.15, 0.2) is 67.0 Å². The highest BCUT2D eigenvalue weighted by Gasteiger charge is 2.02. The van der Waals surface area contributed by atoms with Crippen molar-refractivity contribution in [3.63, 3.8) is 0 Å². The molecule has 3 aromatic rings. The lowest BCUT2D eigenvalue weighted by Crippen LogP contribution is -1.97. The molecular weight excluding hydrogens is 288 g/mol. The van der Waals surface area contributed by atoms with Crippen molar-refractivity contribution in [2.24, 2.45) is 0 Å². The topological polar surface area (TPSA) is 55.2 Å². The van der Waals surface area contributed by atoms with E-state index in [1.807, 2.05) is 44.2 Å². The summed E-state index contributed by atoms with van der Waals surface area (Å²) in [5.74, 6) is 1.45. The van der Waals surface area contributed by atoms with Gasteiger partial charge in [0.1, 0.15) is 12.4 Å². The summed E-state index contributed by atoms with van der Waals surface area (Å²) >= 11 is 0. The van der Waals surface area contributed by atoms with E-state index in [1.54, 1.807) is 36.7 Å². The Balaban J connectivity index is 0.000000924. The fourth-order valence-corrected chi connectivity index (χ4v) is 1.89. The normalized spacial score (nSPS) is 9.65. The van der Waals surface area contributed by atoms with Crippen molar-refractivity contribution in [1.82, 2.24) is 9.97 Å². The van der Waals surface area contributed by atoms with Crippen LogP contribution in [0.4, 0.5) is 0 Å². The molecule has 0 saturated carbocycles. The molecule has 118 valence electrons. The summed E-state index contributed by atoms with van der Waals surface area (Å²) in [6.45, 7) is 4.49. The molecule has 0 bridgehead atoms. The monoisotopic (exact) mass is 308 g/mol. The Hall–Kier alpha value is -2.88. The molecule has 0 atom stereocenters. The molecule has 1 heterocycles. The Labute approximate surface area is 136 Å². The zero-order valence-corrected chi connectivity index (χ0v) is 13.3. The quantitative estimate of drug-likeness (QED) is 0.773. The molecular formula is C19H20N2O2. The van der Waals surface area contributed by atoms with Gasteiger partial charge in [0, 0.05) is 5.56 Å². The van der Waals surface area contributed by atoms with Gasteiger partial charge in [-0.05, 0) is 29.8 Å². The number of hydrogen-bond donors (Lipinski definition) is 1. The lowest BCUT2D eigenvalue weighted by Gasteiger charge is -2.06. The standard InChI is InChI=1S/C17H14N2O2.C2H6/c20-15-8-6-14(7-9-15)17-18-10-16(11-19-17)21-12-13-4-2-1-3-5-13;1-2/h1-11,20H,12H2;1-2H3. The molecule has 1 N–H and O–H groups in total. The first-order chi connectivity index (χ1) is 11.3. The molecule has 23 heavy (non-hydrogen) atoms. The molecule has 0 aliphatic heterocycles. The minimum atomic E-state index is 0.224. The Morgan fingerprint density at radius 2 is 1.48 bits per heavy atom. The number of aromatic nitrogens is 2. The first kappa shape index (κ1) is 16.5. The molecule has 0 spiro atoms. The van der Waals surface area contributed by atoms with Gasteiger partial charge in [0.2, 0.25) is 0 Å². The molecule has 4 heteroatoms. The van der Waals surface area contributed by atoms with Gasteiger partial charge >= 0.3 is 0 Å². The Morgan fingerprint density at radius 1 is 0.870 bits per heavy atom. The maximum atomic E-state index is 9.27. The highest BCUT2D eigenvalue weighted by molar-refractivity contribution is 5.55. The van der Waals surface area contributed by atoms with E-state index in [4.69, 9.17) is 4.74 Å². The lowest BCUT2D eigenvalue weighted by atomic mass is 10.2. The van der Waals surface area contributed by atoms with Crippen molar-refractivity contribution in [3.8, 4) is 22.9 Å². The SMILES string of the molecule is CC.Oc1ccc(-c2ncc(OCc3ccccc3)cn2)cc1. The van der Waals surface area contributed by atoms with E-state index in [0.717, 1.165) is 11.1 Å². The molecule has 2 aromatic carbocycles. The highest BCUT2D eigenvalue weighted by Crippen LogP contribution is 2.19. The van der Waals surface area contributed by atoms with E-state index >= 15 is 0 Å². The number of benzene rings is 2. The van der Waals surface area contributed by atoms with Gasteiger partial charge in [0.05, 0.1) is 12.4 Å². The van der Waals surface area contributed by atoms with Crippen LogP contribution < -0.4 is 4.74 Å². The fraction of sp³-hybridized carbons (Fsp3) is 0.158. The van der Waals surface area contributed by atoms with Crippen LogP contribution in [0, 0.1) is 0 Å². The second kappa shape index (κ2) is 8.54. The number of nitrogens with zero attached hydrogens (tertiary/aromatic N) is 2. The number of rotatable bonds is 4. The van der Waals surface area contributed by atoms with Crippen LogP contribution in [-0.4, -0.2) is 15.1 Å². The van der Waals surface area contributed by atoms with Gasteiger partial charge in [-0.1, -0.05) is 44.2 Å². The minimum Gasteiger partial charge on any atom is -0.508 e. The van der Waals surface area contributed by atoms with Gasteiger partial charge in [-0.2, -0.15) is 0 Å². The smallest absolute Gasteiger partial charge is 0.159 e. The predicted molar refractivity (Wildman–Crippen MR) is 91.3 cm³/mol. The second-order valence-electron chi connectivity index (χ2n) is 4.56. The third kappa shape index (κ3) is 4.81. The minimum absolute atomic E-state index is 0.224. The molecule has 0 radical (unpaired) electrons. The first-order valence-electron chi connectivity index (χ1n) is 7.59. The highest BCUT2D eigenvalue weighted by atomic mass is 16.5. The molecule has 0 aliphatic rings. The van der Waals surface area contributed by atoms with Crippen LogP contribution >= 0.6 is 0 Å². The summed E-state index contributed by atoms with van der Waals surface area (Å²) < 4.78 is 5.64. The number of hydrogen-bond acceptors (Lipinski definition) is 4. The van der Waals surface area contributed by atoms with E-state index in [9.17, 15) is 5.11 Å². The first-order valence-corrected chi connectivity index (χ1v) is 7.59. The summed E-state index contributed by atoms with van der Waals surface area (Å²) in [5.41, 5.74) is 1.95. The van der Waals surface area contributed by atoms with Crippen molar-refractivity contribution >= 4 is 0 Å². The molecule has 0 saturated heterocycles. The van der Waals surface area contributed by atoms with Crippen LogP contribution in [0.25, 0.3) is 11.4 Å². The predicted octanol–water partition coefficient (Wildman–Crippen LogP) is 4.45. The fourth-order valence-electron chi connectivity index (χ4n) is 1.89. The lowest BCUT2D eigenvalue weighted by molar-refractivity contribution is 0.303. The van der Waals surface area contributed by atoms with Crippen molar-refractivity contribution in [2.45, 2.75) is 20.5 Å². The maximum absolute atomic E-state index is 9.27. The van der Waals surface area contributed by atoms with E-state index in [2.05, 4.69) is 9.97 Å². The molecule has 1 aromatic heterocycles. The summed E-state index contributed by atoms with van der Waals surface area (Å²) in [6, 6.07) is 16.7. The van der Waals surface area contributed by atoms with E-state index in [0.29, 0.717) is 18.2 Å². The second-order valence-corrected chi connectivity index (χ2v) is 4.56. The van der Waals surface area contributed by atoms with Gasteiger partial charge < -0.3 is 9.84 Å². The van der Waals surface area contributed by atoms with Gasteiger partial charge in [-0.15, -0.1) is 0 Å². The molecule has 3 rings (SSSR count). The van der Waals surface area contributed by atoms with Crippen LogP contribution in [0.5, 0.6) is 11.5 Å². The maximum Gasteiger partial charge on any atom is 0.159 e. The number of phenolic OH excluding ortho intramolecular Hbond substituents is 1. The Kier molecular flexibility index (Phi) is 6.12. The van der Waals surface area contributed by atoms with Gasteiger partial charge in [-0.25, -0.2) is 9.97 Å². The third-order valence-electron chi connectivity index (χ3n) is 3.00. The molecule has 0 amide bonds. The van der Waals surface area contributed by atoms with E-state index < -0.39 is 0 Å². The Bertz CT molecular complexity index is 696. The summed E-state index contributed by atoms with van der Waals surface area (Å²) in [5, 5.41) is 9.27. The average Bonchev–Trinajstić information content (AvgIpc) is 2.64. The largest absolute Gasteiger partial charge is 0.508 e. The number of phenols is 1. The third-order valence-corrected chi connectivity index (χ3v) is 3.00. The van der Waals surface area contributed by atoms with E-state index in [1.165, 1.54) is 0 Å². The van der Waals surface area contributed by atoms with Crippen LogP contribution in [-0.2, 0) is 6.61 Å². The van der Waals surface area contributed by atoms with Gasteiger partial charge in [0.25, 0.3) is 0 Å².